The number of furan rings is 1. The summed E-state index contributed by atoms with van der Waals surface area (Å²) < 4.78 is 7.40. The molecule has 1 fully saturated rings. The molecule has 0 spiro atoms. The minimum absolute atomic E-state index is 0.182. The molecule has 3 aromatic rings. The van der Waals surface area contributed by atoms with Crippen molar-refractivity contribution in [2.24, 2.45) is 14.1 Å². The van der Waals surface area contributed by atoms with Crippen LogP contribution in [0.3, 0.4) is 0 Å². The Morgan fingerprint density at radius 3 is 2.76 bits per heavy atom. The van der Waals surface area contributed by atoms with E-state index in [1.807, 2.05) is 0 Å². The van der Waals surface area contributed by atoms with Gasteiger partial charge in [0.25, 0.3) is 11.5 Å². The van der Waals surface area contributed by atoms with Gasteiger partial charge in [-0.3, -0.25) is 23.5 Å². The highest BCUT2D eigenvalue weighted by Crippen LogP contribution is 2.22. The van der Waals surface area contributed by atoms with E-state index < -0.39 is 17.3 Å². The van der Waals surface area contributed by atoms with E-state index in [1.54, 1.807) is 12.1 Å². The molecule has 29 heavy (non-hydrogen) atoms. The van der Waals surface area contributed by atoms with Crippen LogP contribution in [0.2, 0.25) is 0 Å². The number of rotatable bonds is 3. The van der Waals surface area contributed by atoms with Crippen LogP contribution in [0, 0.1) is 0 Å². The van der Waals surface area contributed by atoms with Gasteiger partial charge in [-0.1, -0.05) is 0 Å². The van der Waals surface area contributed by atoms with E-state index in [1.165, 1.54) is 42.1 Å². The van der Waals surface area contributed by atoms with Crippen molar-refractivity contribution >= 4 is 28.5 Å². The average molecular weight is 397 g/mol. The summed E-state index contributed by atoms with van der Waals surface area (Å²) >= 11 is 0. The van der Waals surface area contributed by atoms with Gasteiger partial charge in [0, 0.05) is 20.6 Å². The first-order valence-corrected chi connectivity index (χ1v) is 9.09. The monoisotopic (exact) mass is 397 g/mol. The zero-order valence-electron chi connectivity index (χ0n) is 15.9. The molecule has 0 aliphatic carbocycles. The molecule has 0 unspecified atom stereocenters. The molecule has 10 heteroatoms. The zero-order valence-corrected chi connectivity index (χ0v) is 15.9. The van der Waals surface area contributed by atoms with Crippen LogP contribution in [0.15, 0.2) is 44.7 Å². The lowest BCUT2D eigenvalue weighted by atomic mass is 10.2. The van der Waals surface area contributed by atoms with Crippen molar-refractivity contribution in [2.75, 3.05) is 11.9 Å². The maximum absolute atomic E-state index is 12.8. The fourth-order valence-electron chi connectivity index (χ4n) is 3.58. The summed E-state index contributed by atoms with van der Waals surface area (Å²) in [4.78, 5) is 55.4. The molecule has 1 N–H and O–H groups in total. The molecule has 1 atom stereocenters. The number of nitrogens with one attached hydrogen (secondary N) is 1. The number of aryl methyl sites for hydroxylation is 1. The number of aromatic nitrogens is 3. The summed E-state index contributed by atoms with van der Waals surface area (Å²) in [6.07, 6.45) is 4.01. The number of anilines is 1. The third kappa shape index (κ3) is 3.12. The highest BCUT2D eigenvalue weighted by atomic mass is 16.3. The Balaban J connectivity index is 1.61. The Labute approximate surface area is 164 Å². The van der Waals surface area contributed by atoms with Gasteiger partial charge in [-0.05, 0) is 31.0 Å². The lowest BCUT2D eigenvalue weighted by Gasteiger charge is -2.23. The second kappa shape index (κ2) is 7.04. The van der Waals surface area contributed by atoms with E-state index >= 15 is 0 Å². The summed E-state index contributed by atoms with van der Waals surface area (Å²) in [6.45, 7) is 0.455. The number of pyridine rings is 1. The van der Waals surface area contributed by atoms with Crippen molar-refractivity contribution in [1.29, 1.82) is 0 Å². The molecule has 0 saturated carbocycles. The summed E-state index contributed by atoms with van der Waals surface area (Å²) in [5.41, 5.74) is -0.436. The van der Waals surface area contributed by atoms with Crippen LogP contribution in [0.25, 0.3) is 11.0 Å². The molecule has 3 aromatic heterocycles. The molecule has 0 radical (unpaired) electrons. The van der Waals surface area contributed by atoms with Crippen LogP contribution in [0.1, 0.15) is 23.4 Å². The van der Waals surface area contributed by atoms with E-state index in [-0.39, 0.29) is 28.6 Å². The smallest absolute Gasteiger partial charge is 0.332 e. The first kappa shape index (κ1) is 18.7. The largest absolute Gasteiger partial charge is 0.459 e. The topological polar surface area (TPSA) is 119 Å². The van der Waals surface area contributed by atoms with Crippen molar-refractivity contribution in [3.63, 3.8) is 0 Å². The second-order valence-corrected chi connectivity index (χ2v) is 6.92. The highest BCUT2D eigenvalue weighted by molar-refractivity contribution is 6.01. The summed E-state index contributed by atoms with van der Waals surface area (Å²) in [5.74, 6) is -0.528. The van der Waals surface area contributed by atoms with Gasteiger partial charge < -0.3 is 14.6 Å². The Kier molecular flexibility index (Phi) is 4.53. The van der Waals surface area contributed by atoms with E-state index in [0.29, 0.717) is 25.1 Å². The number of likely N-dealkylation sites (tertiary alicyclic amines) is 1. The minimum Gasteiger partial charge on any atom is -0.459 e. The van der Waals surface area contributed by atoms with Crippen LogP contribution in [0.4, 0.5) is 5.69 Å². The Morgan fingerprint density at radius 2 is 2.03 bits per heavy atom. The number of hydrogen-bond donors (Lipinski definition) is 1. The lowest BCUT2D eigenvalue weighted by molar-refractivity contribution is -0.119. The number of carbonyl (C=O) groups excluding carboxylic acids is 2. The van der Waals surface area contributed by atoms with E-state index in [4.69, 9.17) is 4.42 Å². The molecule has 2 amide bonds. The van der Waals surface area contributed by atoms with E-state index in [2.05, 4.69) is 10.3 Å². The summed E-state index contributed by atoms with van der Waals surface area (Å²) in [7, 11) is 2.90. The average Bonchev–Trinajstić information content (AvgIpc) is 3.42. The molecule has 1 aliphatic rings. The third-order valence-electron chi connectivity index (χ3n) is 5.11. The van der Waals surface area contributed by atoms with Gasteiger partial charge in [-0.15, -0.1) is 0 Å². The fraction of sp³-hybridized carbons (Fsp3) is 0.316. The van der Waals surface area contributed by atoms with Crippen LogP contribution < -0.4 is 16.6 Å². The van der Waals surface area contributed by atoms with Gasteiger partial charge in [0.1, 0.15) is 11.7 Å². The lowest BCUT2D eigenvalue weighted by Crippen LogP contribution is -2.43. The van der Waals surface area contributed by atoms with Gasteiger partial charge in [0.2, 0.25) is 5.91 Å². The first-order valence-electron chi connectivity index (χ1n) is 9.09. The Bertz CT molecular complexity index is 1220. The van der Waals surface area contributed by atoms with Crippen molar-refractivity contribution < 1.29 is 14.0 Å². The van der Waals surface area contributed by atoms with Crippen LogP contribution in [-0.2, 0) is 18.9 Å². The predicted molar refractivity (Wildman–Crippen MR) is 104 cm³/mol. The van der Waals surface area contributed by atoms with E-state index in [9.17, 15) is 19.2 Å². The molecule has 1 aliphatic heterocycles. The highest BCUT2D eigenvalue weighted by Gasteiger charge is 2.35. The SMILES string of the molecule is Cn1c(=O)c2cc(NC(=O)[C@@H]3CCCN3C(=O)c3ccco3)cnc2n(C)c1=O. The number of hydrogen-bond acceptors (Lipinski definition) is 6. The number of fused-ring (bicyclic) bond motifs is 1. The normalized spacial score (nSPS) is 16.3. The van der Waals surface area contributed by atoms with Crippen molar-refractivity contribution in [1.82, 2.24) is 19.0 Å². The number of amides is 2. The number of carbonyl (C=O) groups is 2. The Morgan fingerprint density at radius 1 is 1.24 bits per heavy atom. The van der Waals surface area contributed by atoms with Gasteiger partial charge in [-0.25, -0.2) is 9.78 Å². The molecule has 0 bridgehead atoms. The quantitative estimate of drug-likeness (QED) is 0.686. The standard InChI is InChI=1S/C19H19N5O5/c1-22-15-12(17(26)23(2)19(22)28)9-11(10-20-15)21-16(25)13-5-3-7-24(13)18(27)14-6-4-8-29-14/h4,6,8-10,13H,3,5,7H2,1-2H3,(H,21,25)/t13-/m0/s1. The maximum Gasteiger partial charge on any atom is 0.332 e. The Hall–Kier alpha value is -3.69. The van der Waals surface area contributed by atoms with Gasteiger partial charge >= 0.3 is 5.69 Å². The predicted octanol–water partition coefficient (Wildman–Crippen LogP) is 0.468. The molecule has 0 aromatic carbocycles. The van der Waals surface area contributed by atoms with E-state index in [0.717, 1.165) is 4.57 Å². The maximum atomic E-state index is 12.8. The van der Waals surface area contributed by atoms with Crippen LogP contribution >= 0.6 is 0 Å². The third-order valence-corrected chi connectivity index (χ3v) is 5.11. The zero-order chi connectivity index (χ0) is 20.7. The van der Waals surface area contributed by atoms with Crippen LogP contribution in [0.5, 0.6) is 0 Å². The molecule has 150 valence electrons. The first-order chi connectivity index (χ1) is 13.9. The van der Waals surface area contributed by atoms with Gasteiger partial charge in [0.15, 0.2) is 5.76 Å². The van der Waals surface area contributed by atoms with Crippen molar-refractivity contribution in [3.8, 4) is 0 Å². The summed E-state index contributed by atoms with van der Waals surface area (Å²) in [5, 5.41) is 2.94. The second-order valence-electron chi connectivity index (χ2n) is 6.92. The minimum atomic E-state index is -0.647. The molecule has 1 saturated heterocycles. The fourth-order valence-corrected chi connectivity index (χ4v) is 3.58. The van der Waals surface area contributed by atoms with Gasteiger partial charge in [-0.2, -0.15) is 0 Å². The molecule has 4 heterocycles. The van der Waals surface area contributed by atoms with Crippen molar-refractivity contribution in [2.45, 2.75) is 18.9 Å². The summed E-state index contributed by atoms with van der Waals surface area (Å²) in [6, 6.07) is 4.01. The molecular weight excluding hydrogens is 378 g/mol. The molecule has 10 nitrogen and oxygen atoms in total. The van der Waals surface area contributed by atoms with Gasteiger partial charge in [0.05, 0.1) is 23.5 Å². The molecular formula is C19H19N5O5. The van der Waals surface area contributed by atoms with Crippen molar-refractivity contribution in [3.05, 3.63) is 57.3 Å². The number of nitrogens with zero attached hydrogens (tertiary/aromatic N) is 4. The van der Waals surface area contributed by atoms with Crippen LogP contribution in [-0.4, -0.2) is 43.4 Å². The molecule has 4 rings (SSSR count).